The zero-order chi connectivity index (χ0) is 14.8. The molecular weight excluding hydrogens is 262 g/mol. The smallest absolute Gasteiger partial charge is 0.143 e. The lowest BCUT2D eigenvalue weighted by molar-refractivity contribution is 0.415. The van der Waals surface area contributed by atoms with E-state index in [0.29, 0.717) is 11.3 Å². The summed E-state index contributed by atoms with van der Waals surface area (Å²) in [5.74, 6) is 0.673. The summed E-state index contributed by atoms with van der Waals surface area (Å²) in [7, 11) is 1.61. The Morgan fingerprint density at radius 1 is 1.24 bits per heavy atom. The quantitative estimate of drug-likeness (QED) is 0.905. The van der Waals surface area contributed by atoms with Crippen molar-refractivity contribution >= 4 is 5.69 Å². The average molecular weight is 279 g/mol. The lowest BCUT2D eigenvalue weighted by atomic mass is 10.1. The van der Waals surface area contributed by atoms with Crippen molar-refractivity contribution in [2.45, 2.75) is 18.5 Å². The number of nitrogens with one attached hydrogen (secondary N) is 1. The van der Waals surface area contributed by atoms with Crippen LogP contribution in [0.2, 0.25) is 0 Å². The van der Waals surface area contributed by atoms with Crippen LogP contribution >= 0.6 is 0 Å². The Balaban J connectivity index is 1.90. The van der Waals surface area contributed by atoms with Crippen molar-refractivity contribution in [2.24, 2.45) is 5.73 Å². The van der Waals surface area contributed by atoms with E-state index >= 15 is 0 Å². The predicted molar refractivity (Wildman–Crippen MR) is 82.1 cm³/mol. The van der Waals surface area contributed by atoms with E-state index < -0.39 is 0 Å². The molecule has 2 aromatic carbocycles. The van der Waals surface area contributed by atoms with Gasteiger partial charge in [0, 0.05) is 12.1 Å². The molecule has 3 rings (SSSR count). The minimum Gasteiger partial charge on any atom is -0.495 e. The molecule has 2 unspecified atom stereocenters. The number of anilines is 1. The minimum atomic E-state index is 0.0584. The first-order chi connectivity index (χ1) is 10.2. The van der Waals surface area contributed by atoms with Gasteiger partial charge in [-0.2, -0.15) is 5.26 Å². The molecule has 0 saturated carbocycles. The Hall–Kier alpha value is -2.51. The van der Waals surface area contributed by atoms with Crippen LogP contribution < -0.4 is 15.8 Å². The van der Waals surface area contributed by atoms with Gasteiger partial charge in [-0.3, -0.25) is 0 Å². The lowest BCUT2D eigenvalue weighted by Crippen LogP contribution is -2.10. The largest absolute Gasteiger partial charge is 0.495 e. The van der Waals surface area contributed by atoms with E-state index in [9.17, 15) is 0 Å². The monoisotopic (exact) mass is 279 g/mol. The van der Waals surface area contributed by atoms with Crippen molar-refractivity contribution in [3.63, 3.8) is 0 Å². The zero-order valence-electron chi connectivity index (χ0n) is 11.8. The highest BCUT2D eigenvalue weighted by Gasteiger charge is 2.28. The summed E-state index contributed by atoms with van der Waals surface area (Å²) in [6.45, 7) is 0. The van der Waals surface area contributed by atoms with Crippen LogP contribution in [0.15, 0.2) is 42.5 Å². The molecule has 0 spiro atoms. The van der Waals surface area contributed by atoms with E-state index in [4.69, 9.17) is 15.7 Å². The molecule has 0 radical (unpaired) electrons. The molecule has 106 valence electrons. The van der Waals surface area contributed by atoms with Gasteiger partial charge in [0.25, 0.3) is 0 Å². The molecule has 0 heterocycles. The van der Waals surface area contributed by atoms with Crippen LogP contribution in [0.25, 0.3) is 0 Å². The summed E-state index contributed by atoms with van der Waals surface area (Å²) in [4.78, 5) is 0. The van der Waals surface area contributed by atoms with Crippen LogP contribution in [0.4, 0.5) is 5.69 Å². The van der Waals surface area contributed by atoms with Gasteiger partial charge in [0.1, 0.15) is 5.75 Å². The van der Waals surface area contributed by atoms with Gasteiger partial charge >= 0.3 is 0 Å². The first-order valence-corrected chi connectivity index (χ1v) is 6.92. The molecular formula is C17H17N3O. The van der Waals surface area contributed by atoms with E-state index in [-0.39, 0.29) is 12.1 Å². The van der Waals surface area contributed by atoms with Gasteiger partial charge in [-0.05, 0) is 29.7 Å². The van der Waals surface area contributed by atoms with Gasteiger partial charge in [0.05, 0.1) is 30.5 Å². The highest BCUT2D eigenvalue weighted by Crippen LogP contribution is 2.40. The third-order valence-corrected chi connectivity index (χ3v) is 3.92. The molecule has 1 aliphatic carbocycles. The number of rotatable bonds is 3. The third kappa shape index (κ3) is 2.44. The number of nitrogens with two attached hydrogens (primary N) is 1. The zero-order valence-corrected chi connectivity index (χ0v) is 11.8. The van der Waals surface area contributed by atoms with Crippen LogP contribution in [0, 0.1) is 11.3 Å². The third-order valence-electron chi connectivity index (χ3n) is 3.92. The van der Waals surface area contributed by atoms with Gasteiger partial charge in [0.2, 0.25) is 0 Å². The predicted octanol–water partition coefficient (Wildman–Crippen LogP) is 3.12. The SMILES string of the molecule is COc1cc(C#N)ccc1NC1CC(N)c2ccccc21. The number of hydrogen-bond donors (Lipinski definition) is 2. The number of methoxy groups -OCH3 is 1. The topological polar surface area (TPSA) is 71.1 Å². The average Bonchev–Trinajstić information content (AvgIpc) is 2.84. The highest BCUT2D eigenvalue weighted by molar-refractivity contribution is 5.61. The Morgan fingerprint density at radius 2 is 2.00 bits per heavy atom. The molecule has 2 aromatic rings. The Bertz CT molecular complexity index is 705. The normalized spacial score (nSPS) is 19.7. The van der Waals surface area contributed by atoms with Crippen molar-refractivity contribution in [1.82, 2.24) is 0 Å². The van der Waals surface area contributed by atoms with E-state index in [1.54, 1.807) is 19.2 Å². The van der Waals surface area contributed by atoms with Crippen LogP contribution in [0.3, 0.4) is 0 Å². The van der Waals surface area contributed by atoms with Crippen LogP contribution in [-0.4, -0.2) is 7.11 Å². The Kier molecular flexibility index (Phi) is 3.51. The molecule has 2 atom stereocenters. The van der Waals surface area contributed by atoms with Crippen LogP contribution in [0.1, 0.15) is 35.2 Å². The second-order valence-electron chi connectivity index (χ2n) is 5.19. The number of hydrogen-bond acceptors (Lipinski definition) is 4. The summed E-state index contributed by atoms with van der Waals surface area (Å²) in [5, 5.41) is 12.4. The Morgan fingerprint density at radius 3 is 2.71 bits per heavy atom. The molecule has 0 aromatic heterocycles. The van der Waals surface area contributed by atoms with Gasteiger partial charge in [-0.25, -0.2) is 0 Å². The molecule has 4 heteroatoms. The highest BCUT2D eigenvalue weighted by atomic mass is 16.5. The van der Waals surface area contributed by atoms with Crippen molar-refractivity contribution < 1.29 is 4.74 Å². The van der Waals surface area contributed by atoms with E-state index in [2.05, 4.69) is 23.5 Å². The van der Waals surface area contributed by atoms with Crippen LogP contribution in [-0.2, 0) is 0 Å². The first-order valence-electron chi connectivity index (χ1n) is 6.92. The maximum absolute atomic E-state index is 8.96. The summed E-state index contributed by atoms with van der Waals surface area (Å²) in [5.41, 5.74) is 10.1. The minimum absolute atomic E-state index is 0.0584. The number of ether oxygens (including phenoxy) is 1. The van der Waals surface area contributed by atoms with E-state index in [1.165, 1.54) is 11.1 Å². The van der Waals surface area contributed by atoms with Crippen molar-refractivity contribution in [3.05, 3.63) is 59.2 Å². The van der Waals surface area contributed by atoms with E-state index in [1.807, 2.05) is 18.2 Å². The fourth-order valence-corrected chi connectivity index (χ4v) is 2.88. The molecule has 3 N–H and O–H groups in total. The molecule has 1 aliphatic rings. The van der Waals surface area contributed by atoms with Gasteiger partial charge in [-0.15, -0.1) is 0 Å². The molecule has 0 amide bonds. The molecule has 4 nitrogen and oxygen atoms in total. The summed E-state index contributed by atoms with van der Waals surface area (Å²) >= 11 is 0. The van der Waals surface area contributed by atoms with Crippen molar-refractivity contribution in [2.75, 3.05) is 12.4 Å². The summed E-state index contributed by atoms with van der Waals surface area (Å²) in [6.07, 6.45) is 0.850. The number of benzene rings is 2. The molecule has 0 bridgehead atoms. The van der Waals surface area contributed by atoms with E-state index in [0.717, 1.165) is 12.1 Å². The maximum Gasteiger partial charge on any atom is 0.143 e. The first kappa shape index (κ1) is 13.5. The second-order valence-corrected chi connectivity index (χ2v) is 5.19. The van der Waals surface area contributed by atoms with Crippen molar-refractivity contribution in [3.8, 4) is 11.8 Å². The van der Waals surface area contributed by atoms with Gasteiger partial charge < -0.3 is 15.8 Å². The molecule has 21 heavy (non-hydrogen) atoms. The molecule has 0 fully saturated rings. The number of fused-ring (bicyclic) bond motifs is 1. The maximum atomic E-state index is 8.96. The summed E-state index contributed by atoms with van der Waals surface area (Å²) in [6, 6.07) is 16.0. The van der Waals surface area contributed by atoms with Gasteiger partial charge in [0.15, 0.2) is 0 Å². The second kappa shape index (κ2) is 5.47. The Labute approximate surface area is 124 Å². The number of nitrogens with zero attached hydrogens (tertiary/aromatic N) is 1. The lowest BCUT2D eigenvalue weighted by Gasteiger charge is -2.18. The fraction of sp³-hybridized carbons (Fsp3) is 0.235. The van der Waals surface area contributed by atoms with Crippen molar-refractivity contribution in [1.29, 1.82) is 5.26 Å². The molecule has 0 aliphatic heterocycles. The summed E-state index contributed by atoms with van der Waals surface area (Å²) < 4.78 is 5.37. The van der Waals surface area contributed by atoms with Crippen LogP contribution in [0.5, 0.6) is 5.75 Å². The fourth-order valence-electron chi connectivity index (χ4n) is 2.88. The molecule has 0 saturated heterocycles. The standard InChI is InChI=1S/C17H17N3O/c1-21-17-8-11(10-18)6-7-15(17)20-16-9-14(19)12-4-2-3-5-13(12)16/h2-8,14,16,20H,9,19H2,1H3. The number of nitriles is 1. The van der Waals surface area contributed by atoms with Gasteiger partial charge in [-0.1, -0.05) is 24.3 Å².